The lowest BCUT2D eigenvalue weighted by atomic mass is 9.78. The number of hydrogen-bond donors (Lipinski definition) is 3. The highest BCUT2D eigenvalue weighted by molar-refractivity contribution is 5.82. The number of nitrogens with zero attached hydrogens (tertiary/aromatic N) is 2. The quantitative estimate of drug-likeness (QED) is 0.301. The number of rotatable bonds is 13. The van der Waals surface area contributed by atoms with Crippen LogP contribution < -0.4 is 10.6 Å². The van der Waals surface area contributed by atoms with E-state index in [1.54, 1.807) is 11.9 Å². The SMILES string of the molecule is CNC(C(=O)NCCCN(C(=O)CO)C(C1CC(c2cc(F)ccc2F)=CN1Cc1ccccc1)C(C)(C)C)C(C)C. The van der Waals surface area contributed by atoms with Gasteiger partial charge < -0.3 is 25.5 Å². The molecule has 3 rings (SSSR count). The first-order chi connectivity index (χ1) is 19.9. The molecule has 0 aromatic heterocycles. The first-order valence-electron chi connectivity index (χ1n) is 14.7. The highest BCUT2D eigenvalue weighted by Crippen LogP contribution is 2.40. The molecule has 3 N–H and O–H groups in total. The minimum atomic E-state index is -0.654. The lowest BCUT2D eigenvalue weighted by Gasteiger charge is -2.46. The van der Waals surface area contributed by atoms with Crippen molar-refractivity contribution in [1.29, 1.82) is 0 Å². The van der Waals surface area contributed by atoms with Crippen LogP contribution >= 0.6 is 0 Å². The first-order valence-corrected chi connectivity index (χ1v) is 14.7. The van der Waals surface area contributed by atoms with Crippen LogP contribution in [0.15, 0.2) is 54.7 Å². The van der Waals surface area contributed by atoms with E-state index < -0.39 is 29.6 Å². The average molecular weight is 585 g/mol. The molecule has 1 aliphatic rings. The second-order valence-electron chi connectivity index (χ2n) is 12.4. The number of aliphatic hydroxyl groups is 1. The number of carbonyl (C=O) groups excluding carboxylic acids is 2. The normalized spacial score (nSPS) is 16.8. The third-order valence-corrected chi connectivity index (χ3v) is 7.84. The maximum atomic E-state index is 14.9. The van der Waals surface area contributed by atoms with Crippen LogP contribution in [0.1, 0.15) is 58.6 Å². The number of hydrogen-bond acceptors (Lipinski definition) is 5. The molecule has 0 saturated heterocycles. The number of benzene rings is 2. The Morgan fingerprint density at radius 2 is 1.81 bits per heavy atom. The van der Waals surface area contributed by atoms with Crippen molar-refractivity contribution in [2.24, 2.45) is 11.3 Å². The molecule has 2 aromatic rings. The molecular weight excluding hydrogens is 538 g/mol. The van der Waals surface area contributed by atoms with Crippen molar-refractivity contribution in [3.05, 3.63) is 77.5 Å². The van der Waals surface area contributed by atoms with Gasteiger partial charge in [-0.25, -0.2) is 8.78 Å². The fourth-order valence-electron chi connectivity index (χ4n) is 5.96. The number of halogens is 2. The molecule has 2 amide bonds. The van der Waals surface area contributed by atoms with Gasteiger partial charge in [-0.15, -0.1) is 0 Å². The predicted octanol–water partition coefficient (Wildman–Crippen LogP) is 4.57. The maximum absolute atomic E-state index is 14.9. The van der Waals surface area contributed by atoms with Gasteiger partial charge in [0.1, 0.15) is 18.2 Å². The Kier molecular flexibility index (Phi) is 11.7. The molecule has 0 spiro atoms. The second-order valence-corrected chi connectivity index (χ2v) is 12.4. The van der Waals surface area contributed by atoms with Gasteiger partial charge in [0.2, 0.25) is 11.8 Å². The van der Waals surface area contributed by atoms with Gasteiger partial charge in [-0.05, 0) is 60.6 Å². The van der Waals surface area contributed by atoms with Crippen LogP contribution in [0.5, 0.6) is 0 Å². The van der Waals surface area contributed by atoms with E-state index >= 15 is 0 Å². The molecule has 3 unspecified atom stereocenters. The second kappa shape index (κ2) is 14.7. The lowest BCUT2D eigenvalue weighted by Crippen LogP contribution is -2.58. The number of amides is 2. The molecule has 0 fully saturated rings. The van der Waals surface area contributed by atoms with Crippen LogP contribution in [0.4, 0.5) is 8.78 Å². The molecule has 0 aliphatic carbocycles. The zero-order valence-corrected chi connectivity index (χ0v) is 25.7. The van der Waals surface area contributed by atoms with E-state index in [1.807, 2.05) is 71.2 Å². The van der Waals surface area contributed by atoms with Crippen molar-refractivity contribution >= 4 is 17.4 Å². The molecule has 7 nitrogen and oxygen atoms in total. The number of aliphatic hydroxyl groups excluding tert-OH is 1. The number of carbonyl (C=O) groups is 2. The summed E-state index contributed by atoms with van der Waals surface area (Å²) in [5, 5.41) is 16.0. The molecule has 9 heteroatoms. The summed E-state index contributed by atoms with van der Waals surface area (Å²) in [5.41, 5.74) is 1.46. The zero-order valence-electron chi connectivity index (χ0n) is 25.7. The molecule has 1 heterocycles. The van der Waals surface area contributed by atoms with E-state index in [0.717, 1.165) is 17.7 Å². The largest absolute Gasteiger partial charge is 0.387 e. The summed E-state index contributed by atoms with van der Waals surface area (Å²) in [6.45, 7) is 10.6. The Bertz CT molecular complexity index is 1230. The van der Waals surface area contributed by atoms with Gasteiger partial charge >= 0.3 is 0 Å². The molecular formula is C33H46F2N4O3. The van der Waals surface area contributed by atoms with Crippen molar-refractivity contribution < 1.29 is 23.5 Å². The first kappa shape index (κ1) is 33.2. The van der Waals surface area contributed by atoms with Crippen LogP contribution in [-0.2, 0) is 16.1 Å². The Labute approximate surface area is 249 Å². The molecule has 2 aromatic carbocycles. The maximum Gasteiger partial charge on any atom is 0.248 e. The molecule has 0 saturated carbocycles. The molecule has 1 aliphatic heterocycles. The van der Waals surface area contributed by atoms with Crippen molar-refractivity contribution in [3.63, 3.8) is 0 Å². The molecule has 0 bridgehead atoms. The molecule has 42 heavy (non-hydrogen) atoms. The van der Waals surface area contributed by atoms with Crippen LogP contribution in [0.3, 0.4) is 0 Å². The Morgan fingerprint density at radius 3 is 2.40 bits per heavy atom. The summed E-state index contributed by atoms with van der Waals surface area (Å²) in [4.78, 5) is 29.7. The lowest BCUT2D eigenvalue weighted by molar-refractivity contribution is -0.141. The van der Waals surface area contributed by atoms with E-state index in [9.17, 15) is 23.5 Å². The van der Waals surface area contributed by atoms with E-state index in [1.165, 1.54) is 6.07 Å². The molecule has 3 atom stereocenters. The van der Waals surface area contributed by atoms with E-state index in [0.29, 0.717) is 38.0 Å². The van der Waals surface area contributed by atoms with Gasteiger partial charge in [0, 0.05) is 31.4 Å². The van der Waals surface area contributed by atoms with Crippen LogP contribution in [-0.4, -0.2) is 71.6 Å². The van der Waals surface area contributed by atoms with E-state index in [4.69, 9.17) is 0 Å². The van der Waals surface area contributed by atoms with Gasteiger partial charge in [-0.1, -0.05) is 65.0 Å². The summed E-state index contributed by atoms with van der Waals surface area (Å²) in [6.07, 6.45) is 2.75. The van der Waals surface area contributed by atoms with Crippen molar-refractivity contribution in [3.8, 4) is 0 Å². The van der Waals surface area contributed by atoms with Crippen LogP contribution in [0.25, 0.3) is 5.57 Å². The minimum absolute atomic E-state index is 0.101. The minimum Gasteiger partial charge on any atom is -0.387 e. The van der Waals surface area contributed by atoms with Gasteiger partial charge in [-0.3, -0.25) is 9.59 Å². The summed E-state index contributed by atoms with van der Waals surface area (Å²) >= 11 is 0. The van der Waals surface area contributed by atoms with Gasteiger partial charge in [0.15, 0.2) is 0 Å². The number of nitrogens with one attached hydrogen (secondary N) is 2. The summed E-state index contributed by atoms with van der Waals surface area (Å²) in [5.74, 6) is -1.42. The van der Waals surface area contributed by atoms with Crippen LogP contribution in [0, 0.1) is 23.0 Å². The van der Waals surface area contributed by atoms with Crippen LogP contribution in [0.2, 0.25) is 0 Å². The summed E-state index contributed by atoms with van der Waals surface area (Å²) in [7, 11) is 1.75. The summed E-state index contributed by atoms with van der Waals surface area (Å²) < 4.78 is 29.1. The monoisotopic (exact) mass is 584 g/mol. The smallest absolute Gasteiger partial charge is 0.248 e. The van der Waals surface area contributed by atoms with Gasteiger partial charge in [-0.2, -0.15) is 0 Å². The Hall–Kier alpha value is -3.30. The van der Waals surface area contributed by atoms with E-state index in [-0.39, 0.29) is 35.5 Å². The zero-order chi connectivity index (χ0) is 31.0. The third kappa shape index (κ3) is 8.38. The molecule has 0 radical (unpaired) electrons. The van der Waals surface area contributed by atoms with Crippen molar-refractivity contribution in [1.82, 2.24) is 20.4 Å². The number of likely N-dealkylation sites (N-methyl/N-ethyl adjacent to an activating group) is 1. The fourth-order valence-corrected chi connectivity index (χ4v) is 5.96. The topological polar surface area (TPSA) is 84.9 Å². The predicted molar refractivity (Wildman–Crippen MR) is 162 cm³/mol. The van der Waals surface area contributed by atoms with Gasteiger partial charge in [0.25, 0.3) is 0 Å². The highest BCUT2D eigenvalue weighted by Gasteiger charge is 2.43. The molecule has 230 valence electrons. The fraction of sp³-hybridized carbons (Fsp3) is 0.515. The summed E-state index contributed by atoms with van der Waals surface area (Å²) in [6, 6.07) is 12.3. The average Bonchev–Trinajstić information content (AvgIpc) is 3.33. The standard InChI is InChI=1S/C33H46F2N4O3/c1-22(2)30(36-6)32(42)37-15-10-16-39(29(41)21-40)31(33(3,4)5)28-17-24(26-18-25(34)13-14-27(26)35)20-38(28)19-23-11-8-7-9-12-23/h7-9,11-14,18,20,22,28,30-31,36,40H,10,15-17,19,21H2,1-6H3,(H,37,42). The Balaban J connectivity index is 1.92. The highest BCUT2D eigenvalue weighted by atomic mass is 19.1. The van der Waals surface area contributed by atoms with Crippen molar-refractivity contribution in [2.45, 2.75) is 72.1 Å². The third-order valence-electron chi connectivity index (χ3n) is 7.84. The van der Waals surface area contributed by atoms with Gasteiger partial charge in [0.05, 0.1) is 18.1 Å². The van der Waals surface area contributed by atoms with E-state index in [2.05, 4.69) is 15.5 Å². The Morgan fingerprint density at radius 1 is 1.12 bits per heavy atom. The van der Waals surface area contributed by atoms with Crippen molar-refractivity contribution in [2.75, 3.05) is 26.7 Å².